The van der Waals surface area contributed by atoms with E-state index in [1.165, 1.54) is 4.90 Å². The Balaban J connectivity index is 1.96. The molecule has 0 spiro atoms. The summed E-state index contributed by atoms with van der Waals surface area (Å²) in [6, 6.07) is 0.519. The van der Waals surface area contributed by atoms with Crippen molar-refractivity contribution < 1.29 is 41.0 Å². The lowest BCUT2D eigenvalue weighted by Gasteiger charge is -2.38. The molecule has 0 aromatic heterocycles. The molecule has 1 aromatic rings. The largest absolute Gasteiger partial charge is 0.417 e. The minimum atomic E-state index is -5.11. The summed E-state index contributed by atoms with van der Waals surface area (Å²) in [6.07, 6.45) is -9.62. The van der Waals surface area contributed by atoms with Crippen LogP contribution in [0.1, 0.15) is 34.3 Å². The SMILES string of the molecule is O=C(c1ccc(C(F)(F)F)cc1C(F)(F)F)N1CCOC2C[C@H](CO)C[C@@H]21. The molecule has 4 nitrogen and oxygen atoms in total. The van der Waals surface area contributed by atoms with Crippen LogP contribution in [0.2, 0.25) is 0 Å². The Kier molecular flexibility index (Phi) is 5.15. The number of hydrogen-bond acceptors (Lipinski definition) is 3. The maximum atomic E-state index is 13.3. The summed E-state index contributed by atoms with van der Waals surface area (Å²) < 4.78 is 83.9. The molecule has 2 aliphatic rings. The summed E-state index contributed by atoms with van der Waals surface area (Å²) in [4.78, 5) is 14.0. The maximum Gasteiger partial charge on any atom is 0.417 e. The van der Waals surface area contributed by atoms with Crippen molar-refractivity contribution in [2.75, 3.05) is 19.8 Å². The minimum Gasteiger partial charge on any atom is -0.396 e. The van der Waals surface area contributed by atoms with Gasteiger partial charge in [0, 0.05) is 13.2 Å². The Labute approximate surface area is 150 Å². The Morgan fingerprint density at radius 3 is 2.44 bits per heavy atom. The third-order valence-electron chi connectivity index (χ3n) is 5.04. The third-order valence-corrected chi connectivity index (χ3v) is 5.04. The number of carbonyl (C=O) groups is 1. The Morgan fingerprint density at radius 2 is 1.85 bits per heavy atom. The lowest BCUT2D eigenvalue weighted by atomic mass is 10.00. The van der Waals surface area contributed by atoms with Gasteiger partial charge in [0.25, 0.3) is 5.91 Å². The molecule has 1 unspecified atom stereocenters. The number of ether oxygens (including phenoxy) is 1. The molecule has 2 fully saturated rings. The van der Waals surface area contributed by atoms with E-state index in [4.69, 9.17) is 4.74 Å². The molecule has 1 heterocycles. The zero-order chi connectivity index (χ0) is 20.0. The van der Waals surface area contributed by atoms with Crippen molar-refractivity contribution in [3.05, 3.63) is 34.9 Å². The zero-order valence-electron chi connectivity index (χ0n) is 14.0. The van der Waals surface area contributed by atoms with E-state index in [1.807, 2.05) is 0 Å². The van der Waals surface area contributed by atoms with Crippen molar-refractivity contribution in [1.82, 2.24) is 4.90 Å². The number of aliphatic hydroxyl groups is 1. The molecule has 10 heteroatoms. The quantitative estimate of drug-likeness (QED) is 0.779. The monoisotopic (exact) mass is 397 g/mol. The Hall–Kier alpha value is -1.81. The molecule has 1 aliphatic heterocycles. The summed E-state index contributed by atoms with van der Waals surface area (Å²) in [5.74, 6) is -1.11. The number of aliphatic hydroxyl groups excluding tert-OH is 1. The van der Waals surface area contributed by atoms with Crippen LogP contribution in [-0.4, -0.2) is 47.8 Å². The molecular weight excluding hydrogens is 380 g/mol. The first-order valence-electron chi connectivity index (χ1n) is 8.34. The molecule has 3 rings (SSSR count). The number of nitrogens with zero attached hydrogens (tertiary/aromatic N) is 1. The highest BCUT2D eigenvalue weighted by Gasteiger charge is 2.45. The molecule has 1 N–H and O–H groups in total. The number of amides is 1. The maximum absolute atomic E-state index is 13.3. The van der Waals surface area contributed by atoms with Gasteiger partial charge in [0.05, 0.1) is 35.4 Å². The van der Waals surface area contributed by atoms with Crippen LogP contribution in [0.15, 0.2) is 18.2 Å². The predicted octanol–water partition coefficient (Wildman–Crippen LogP) is 3.34. The average Bonchev–Trinajstić information content (AvgIpc) is 3.02. The second kappa shape index (κ2) is 6.97. The summed E-state index contributed by atoms with van der Waals surface area (Å²) in [6.45, 7) is 0.0238. The number of rotatable bonds is 2. The van der Waals surface area contributed by atoms with Crippen LogP contribution in [0.25, 0.3) is 0 Å². The zero-order valence-corrected chi connectivity index (χ0v) is 14.0. The number of benzene rings is 1. The fourth-order valence-electron chi connectivity index (χ4n) is 3.75. The van der Waals surface area contributed by atoms with Gasteiger partial charge in [0.2, 0.25) is 0 Å². The molecule has 1 saturated heterocycles. The van der Waals surface area contributed by atoms with Crippen LogP contribution < -0.4 is 0 Å². The van der Waals surface area contributed by atoms with Crippen LogP contribution in [0.3, 0.4) is 0 Å². The standard InChI is InChI=1S/C17H17F6NO3/c18-16(19,20)10-1-2-11(12(7-10)17(21,22)23)15(26)24-3-4-27-14-6-9(8-25)5-13(14)24/h1-2,7,9,13-14,25H,3-6,8H2/t9-,13+,14?/m1/s1. The van der Waals surface area contributed by atoms with Crippen molar-refractivity contribution in [2.24, 2.45) is 5.92 Å². The average molecular weight is 397 g/mol. The number of fused-ring (bicyclic) bond motifs is 1. The van der Waals surface area contributed by atoms with E-state index in [2.05, 4.69) is 0 Å². The van der Waals surface area contributed by atoms with Crippen molar-refractivity contribution in [1.29, 1.82) is 0 Å². The van der Waals surface area contributed by atoms with Crippen molar-refractivity contribution in [3.8, 4) is 0 Å². The molecule has 3 atom stereocenters. The predicted molar refractivity (Wildman–Crippen MR) is 80.8 cm³/mol. The van der Waals surface area contributed by atoms with Crippen molar-refractivity contribution in [2.45, 2.75) is 37.3 Å². The molecule has 0 bridgehead atoms. The molecule has 150 valence electrons. The number of morpholine rings is 1. The summed E-state index contributed by atoms with van der Waals surface area (Å²) >= 11 is 0. The van der Waals surface area contributed by atoms with Gasteiger partial charge in [-0.3, -0.25) is 4.79 Å². The van der Waals surface area contributed by atoms with Gasteiger partial charge in [0.15, 0.2) is 0 Å². The molecule has 0 radical (unpaired) electrons. The van der Waals surface area contributed by atoms with Crippen LogP contribution in [0.5, 0.6) is 0 Å². The molecule has 1 aliphatic carbocycles. The minimum absolute atomic E-state index is 0.0314. The first kappa shape index (κ1) is 19.9. The summed E-state index contributed by atoms with van der Waals surface area (Å²) in [5, 5.41) is 9.30. The van der Waals surface area contributed by atoms with E-state index >= 15 is 0 Å². The molecule has 27 heavy (non-hydrogen) atoms. The van der Waals surface area contributed by atoms with Crippen LogP contribution in [-0.2, 0) is 17.1 Å². The number of hydrogen-bond donors (Lipinski definition) is 1. The Bertz CT molecular complexity index is 718. The normalized spacial score (nSPS) is 26.2. The van der Waals surface area contributed by atoms with Crippen LogP contribution in [0, 0.1) is 5.92 Å². The summed E-state index contributed by atoms with van der Waals surface area (Å²) in [7, 11) is 0. The second-order valence-corrected chi connectivity index (χ2v) is 6.75. The fraction of sp³-hybridized carbons (Fsp3) is 0.588. The molecule has 1 aromatic carbocycles. The van der Waals surface area contributed by atoms with Gasteiger partial charge in [-0.15, -0.1) is 0 Å². The first-order valence-corrected chi connectivity index (χ1v) is 8.34. The highest BCUT2D eigenvalue weighted by molar-refractivity contribution is 5.96. The van der Waals surface area contributed by atoms with E-state index in [1.54, 1.807) is 0 Å². The van der Waals surface area contributed by atoms with Gasteiger partial charge in [-0.2, -0.15) is 26.3 Å². The molecular formula is C17H17F6NO3. The van der Waals surface area contributed by atoms with Crippen LogP contribution >= 0.6 is 0 Å². The number of carbonyl (C=O) groups excluding carboxylic acids is 1. The highest BCUT2D eigenvalue weighted by Crippen LogP contribution is 2.39. The van der Waals surface area contributed by atoms with Crippen molar-refractivity contribution in [3.63, 3.8) is 0 Å². The lowest BCUT2D eigenvalue weighted by molar-refractivity contribution is -0.143. The van der Waals surface area contributed by atoms with Gasteiger partial charge in [-0.05, 0) is 37.0 Å². The van der Waals surface area contributed by atoms with Gasteiger partial charge in [-0.1, -0.05) is 0 Å². The van der Waals surface area contributed by atoms with E-state index in [9.17, 15) is 36.2 Å². The van der Waals surface area contributed by atoms with E-state index < -0.39 is 47.1 Å². The second-order valence-electron chi connectivity index (χ2n) is 6.75. The fourth-order valence-corrected chi connectivity index (χ4v) is 3.75. The topological polar surface area (TPSA) is 49.8 Å². The molecule has 1 saturated carbocycles. The van der Waals surface area contributed by atoms with E-state index in [0.29, 0.717) is 25.0 Å². The van der Waals surface area contributed by atoms with Gasteiger partial charge in [0.1, 0.15) is 0 Å². The van der Waals surface area contributed by atoms with E-state index in [0.717, 1.165) is 0 Å². The highest BCUT2D eigenvalue weighted by atomic mass is 19.4. The number of halogens is 6. The van der Waals surface area contributed by atoms with E-state index in [-0.39, 0.29) is 31.7 Å². The van der Waals surface area contributed by atoms with Gasteiger partial charge in [-0.25, -0.2) is 0 Å². The first-order chi connectivity index (χ1) is 12.5. The number of alkyl halides is 6. The van der Waals surface area contributed by atoms with Gasteiger partial charge < -0.3 is 14.7 Å². The molecule has 1 amide bonds. The Morgan fingerprint density at radius 1 is 1.15 bits per heavy atom. The van der Waals surface area contributed by atoms with Crippen molar-refractivity contribution >= 4 is 5.91 Å². The lowest BCUT2D eigenvalue weighted by Crippen LogP contribution is -2.51. The third kappa shape index (κ3) is 3.91. The smallest absolute Gasteiger partial charge is 0.396 e. The van der Waals surface area contributed by atoms with Crippen LogP contribution in [0.4, 0.5) is 26.3 Å². The van der Waals surface area contributed by atoms with Gasteiger partial charge >= 0.3 is 12.4 Å². The summed E-state index contributed by atoms with van der Waals surface area (Å²) in [5.41, 5.74) is -3.89.